The van der Waals surface area contributed by atoms with Crippen molar-refractivity contribution in [1.29, 1.82) is 0 Å². The molecule has 0 bridgehead atoms. The van der Waals surface area contributed by atoms with Crippen LogP contribution < -0.4 is 5.32 Å². The van der Waals surface area contributed by atoms with Crippen LogP contribution in [0.4, 0.5) is 4.39 Å². The maximum atomic E-state index is 12.8. The Labute approximate surface area is 90.1 Å². The molecule has 14 heavy (non-hydrogen) atoms. The van der Waals surface area contributed by atoms with E-state index in [1.807, 2.05) is 0 Å². The molecular weight excluding hydrogens is 253 g/mol. The predicted octanol–water partition coefficient (Wildman–Crippen LogP) is 1.56. The smallest absolute Gasteiger partial charge is 0.251 e. The number of amides is 1. The Bertz CT molecular complexity index is 318. The fraction of sp³-hybridized carbons (Fsp3) is 0.222. The SMILES string of the molecule is CNC(=O)c1ccc(Br)c(F)c1.CO. The van der Waals surface area contributed by atoms with Gasteiger partial charge in [-0.25, -0.2) is 4.39 Å². The Hall–Kier alpha value is -0.940. The lowest BCUT2D eigenvalue weighted by molar-refractivity contribution is 0.0962. The summed E-state index contributed by atoms with van der Waals surface area (Å²) in [6.07, 6.45) is 0. The topological polar surface area (TPSA) is 49.3 Å². The molecule has 1 amide bonds. The van der Waals surface area contributed by atoms with Crippen LogP contribution in [-0.2, 0) is 0 Å². The molecule has 0 aromatic heterocycles. The minimum absolute atomic E-state index is 0.290. The van der Waals surface area contributed by atoms with Crippen molar-refractivity contribution in [3.63, 3.8) is 0 Å². The van der Waals surface area contributed by atoms with Gasteiger partial charge in [0.2, 0.25) is 0 Å². The van der Waals surface area contributed by atoms with Crippen LogP contribution in [0.15, 0.2) is 22.7 Å². The Morgan fingerprint density at radius 3 is 2.50 bits per heavy atom. The molecular formula is C9H11BrFNO2. The van der Waals surface area contributed by atoms with Gasteiger partial charge in [0, 0.05) is 19.7 Å². The van der Waals surface area contributed by atoms with Crippen LogP contribution in [0, 0.1) is 5.82 Å². The minimum Gasteiger partial charge on any atom is -0.400 e. The monoisotopic (exact) mass is 263 g/mol. The third kappa shape index (κ3) is 3.43. The molecule has 0 aliphatic carbocycles. The van der Waals surface area contributed by atoms with E-state index in [0.29, 0.717) is 10.0 Å². The second kappa shape index (κ2) is 6.50. The maximum absolute atomic E-state index is 12.8. The molecule has 0 atom stereocenters. The molecule has 5 heteroatoms. The fourth-order valence-corrected chi connectivity index (χ4v) is 1.03. The van der Waals surface area contributed by atoms with Gasteiger partial charge >= 0.3 is 0 Å². The molecule has 1 rings (SSSR count). The lowest BCUT2D eigenvalue weighted by atomic mass is 10.2. The summed E-state index contributed by atoms with van der Waals surface area (Å²) in [5, 5.41) is 9.41. The van der Waals surface area contributed by atoms with Crippen LogP contribution >= 0.6 is 15.9 Å². The van der Waals surface area contributed by atoms with E-state index < -0.39 is 5.82 Å². The van der Waals surface area contributed by atoms with Gasteiger partial charge in [0.1, 0.15) is 5.82 Å². The zero-order valence-electron chi connectivity index (χ0n) is 7.84. The summed E-state index contributed by atoms with van der Waals surface area (Å²) >= 11 is 2.99. The summed E-state index contributed by atoms with van der Waals surface area (Å²) in [4.78, 5) is 11.0. The average molecular weight is 264 g/mol. The van der Waals surface area contributed by atoms with Crippen LogP contribution in [0.5, 0.6) is 0 Å². The van der Waals surface area contributed by atoms with Crippen LogP contribution in [0.1, 0.15) is 10.4 Å². The Balaban J connectivity index is 0.000000791. The molecule has 0 fully saturated rings. The molecule has 0 aliphatic heterocycles. The minimum atomic E-state index is -0.434. The number of hydrogen-bond donors (Lipinski definition) is 2. The number of benzene rings is 1. The van der Waals surface area contributed by atoms with Crippen LogP contribution in [0.25, 0.3) is 0 Å². The predicted molar refractivity (Wildman–Crippen MR) is 55.6 cm³/mol. The highest BCUT2D eigenvalue weighted by Gasteiger charge is 2.05. The summed E-state index contributed by atoms with van der Waals surface area (Å²) in [6.45, 7) is 0. The van der Waals surface area contributed by atoms with E-state index >= 15 is 0 Å². The maximum Gasteiger partial charge on any atom is 0.251 e. The molecule has 0 unspecified atom stereocenters. The van der Waals surface area contributed by atoms with Crippen LogP contribution in [0.3, 0.4) is 0 Å². The highest BCUT2D eigenvalue weighted by atomic mass is 79.9. The van der Waals surface area contributed by atoms with Gasteiger partial charge in [-0.2, -0.15) is 0 Å². The number of rotatable bonds is 1. The Kier molecular flexibility index (Phi) is 6.07. The molecule has 0 radical (unpaired) electrons. The van der Waals surface area contributed by atoms with E-state index in [1.165, 1.54) is 19.2 Å². The number of aliphatic hydroxyl groups is 1. The van der Waals surface area contributed by atoms with Gasteiger partial charge in [-0.05, 0) is 34.1 Å². The van der Waals surface area contributed by atoms with Crippen molar-refractivity contribution in [2.75, 3.05) is 14.2 Å². The van der Waals surface area contributed by atoms with Gasteiger partial charge in [-0.1, -0.05) is 0 Å². The molecule has 0 saturated carbocycles. The van der Waals surface area contributed by atoms with E-state index in [1.54, 1.807) is 6.07 Å². The van der Waals surface area contributed by atoms with Crippen molar-refractivity contribution in [2.45, 2.75) is 0 Å². The lowest BCUT2D eigenvalue weighted by Gasteiger charge is -1.99. The summed E-state index contributed by atoms with van der Waals surface area (Å²) in [7, 11) is 2.50. The van der Waals surface area contributed by atoms with E-state index in [-0.39, 0.29) is 5.91 Å². The van der Waals surface area contributed by atoms with Crippen molar-refractivity contribution < 1.29 is 14.3 Å². The first-order valence-electron chi connectivity index (χ1n) is 3.77. The van der Waals surface area contributed by atoms with Crippen LogP contribution in [-0.4, -0.2) is 25.2 Å². The first-order valence-corrected chi connectivity index (χ1v) is 4.56. The molecule has 3 nitrogen and oxygen atoms in total. The Morgan fingerprint density at radius 2 is 2.07 bits per heavy atom. The molecule has 78 valence electrons. The first-order chi connectivity index (χ1) is 6.65. The van der Waals surface area contributed by atoms with Crippen molar-refractivity contribution >= 4 is 21.8 Å². The fourth-order valence-electron chi connectivity index (χ4n) is 0.782. The largest absolute Gasteiger partial charge is 0.400 e. The molecule has 0 aliphatic rings. The number of hydrogen-bond acceptors (Lipinski definition) is 2. The van der Waals surface area contributed by atoms with E-state index in [0.717, 1.165) is 7.11 Å². The van der Waals surface area contributed by atoms with Gasteiger partial charge in [-0.15, -0.1) is 0 Å². The third-order valence-corrected chi connectivity index (χ3v) is 2.05. The number of halogens is 2. The molecule has 0 heterocycles. The molecule has 0 spiro atoms. The normalized spacial score (nSPS) is 8.64. The number of carbonyl (C=O) groups excluding carboxylic acids is 1. The number of carbonyl (C=O) groups is 1. The van der Waals surface area contributed by atoms with Crippen molar-refractivity contribution in [3.05, 3.63) is 34.1 Å². The highest BCUT2D eigenvalue weighted by Crippen LogP contribution is 2.15. The molecule has 2 N–H and O–H groups in total. The zero-order valence-corrected chi connectivity index (χ0v) is 9.43. The van der Waals surface area contributed by atoms with Crippen LogP contribution in [0.2, 0.25) is 0 Å². The molecule has 1 aromatic rings. The summed E-state index contributed by atoms with van der Waals surface area (Å²) in [5.41, 5.74) is 0.318. The summed E-state index contributed by atoms with van der Waals surface area (Å²) < 4.78 is 13.2. The van der Waals surface area contributed by atoms with E-state index in [4.69, 9.17) is 5.11 Å². The average Bonchev–Trinajstić information content (AvgIpc) is 2.24. The van der Waals surface area contributed by atoms with Gasteiger partial charge in [0.25, 0.3) is 5.91 Å². The number of aliphatic hydroxyl groups excluding tert-OH is 1. The van der Waals surface area contributed by atoms with Crippen molar-refractivity contribution in [3.8, 4) is 0 Å². The second-order valence-corrected chi connectivity index (χ2v) is 3.06. The summed E-state index contributed by atoms with van der Waals surface area (Å²) in [6, 6.07) is 4.23. The van der Waals surface area contributed by atoms with Gasteiger partial charge < -0.3 is 10.4 Å². The number of nitrogens with one attached hydrogen (secondary N) is 1. The van der Waals surface area contributed by atoms with E-state index in [9.17, 15) is 9.18 Å². The third-order valence-electron chi connectivity index (χ3n) is 1.41. The van der Waals surface area contributed by atoms with Crippen molar-refractivity contribution in [2.24, 2.45) is 0 Å². The lowest BCUT2D eigenvalue weighted by Crippen LogP contribution is -2.17. The summed E-state index contributed by atoms with van der Waals surface area (Å²) in [5.74, 6) is -0.725. The quantitative estimate of drug-likeness (QED) is 0.808. The molecule has 1 aromatic carbocycles. The second-order valence-electron chi connectivity index (χ2n) is 2.21. The van der Waals surface area contributed by atoms with Gasteiger partial charge in [0.05, 0.1) is 4.47 Å². The van der Waals surface area contributed by atoms with Crippen molar-refractivity contribution in [1.82, 2.24) is 5.32 Å². The van der Waals surface area contributed by atoms with E-state index in [2.05, 4.69) is 21.2 Å². The van der Waals surface area contributed by atoms with Gasteiger partial charge in [-0.3, -0.25) is 4.79 Å². The van der Waals surface area contributed by atoms with Gasteiger partial charge in [0.15, 0.2) is 0 Å². The highest BCUT2D eigenvalue weighted by molar-refractivity contribution is 9.10. The molecule has 0 saturated heterocycles. The standard InChI is InChI=1S/C8H7BrFNO.CH4O/c1-11-8(12)5-2-3-6(9)7(10)4-5;1-2/h2-4H,1H3,(H,11,12);2H,1H3. The first kappa shape index (κ1) is 13.1. The zero-order chi connectivity index (χ0) is 11.1. The Morgan fingerprint density at radius 1 is 1.50 bits per heavy atom.